The lowest BCUT2D eigenvalue weighted by molar-refractivity contribution is -0.145. The number of rotatable bonds is 8. The van der Waals surface area contributed by atoms with Crippen molar-refractivity contribution in [2.45, 2.75) is 52.6 Å². The number of hydrogen-bond donors (Lipinski definition) is 2. The van der Waals surface area contributed by atoms with Crippen LogP contribution in [0.25, 0.3) is 0 Å². The maximum absolute atomic E-state index is 14.5. The fourth-order valence-corrected chi connectivity index (χ4v) is 4.70. The topological polar surface area (TPSA) is 98.2 Å². The van der Waals surface area contributed by atoms with Crippen LogP contribution < -0.4 is 4.90 Å². The monoisotopic (exact) mass is 532 g/mol. The van der Waals surface area contributed by atoms with Crippen molar-refractivity contribution >= 4 is 35.1 Å². The second-order valence-electron chi connectivity index (χ2n) is 10.7. The summed E-state index contributed by atoms with van der Waals surface area (Å²) in [6.45, 7) is 6.90. The molecule has 9 heteroatoms. The molecule has 0 saturated carbocycles. The third kappa shape index (κ3) is 7.52. The Labute approximate surface area is 221 Å². The van der Waals surface area contributed by atoms with Crippen molar-refractivity contribution in [2.24, 2.45) is 11.3 Å². The third-order valence-corrected chi connectivity index (χ3v) is 6.69. The molecule has 200 valence electrons. The lowest BCUT2D eigenvalue weighted by atomic mass is 9.93. The molecule has 37 heavy (non-hydrogen) atoms. The molecule has 0 radical (unpaired) electrons. The average Bonchev–Trinajstić information content (AvgIpc) is 2.85. The highest BCUT2D eigenvalue weighted by atomic mass is 35.5. The van der Waals surface area contributed by atoms with Crippen molar-refractivity contribution in [3.05, 3.63) is 64.4 Å². The molecule has 1 fully saturated rings. The van der Waals surface area contributed by atoms with Gasteiger partial charge in [0, 0.05) is 54.3 Å². The van der Waals surface area contributed by atoms with Gasteiger partial charge in [-0.15, -0.1) is 0 Å². The Morgan fingerprint density at radius 1 is 1.08 bits per heavy atom. The molecule has 1 unspecified atom stereocenters. The van der Waals surface area contributed by atoms with Gasteiger partial charge in [0.1, 0.15) is 11.9 Å². The molecule has 0 aliphatic carbocycles. The van der Waals surface area contributed by atoms with Crippen LogP contribution in [-0.4, -0.2) is 52.5 Å². The first-order valence-corrected chi connectivity index (χ1v) is 12.8. The lowest BCUT2D eigenvalue weighted by Crippen LogP contribution is -2.42. The van der Waals surface area contributed by atoms with Gasteiger partial charge in [0.05, 0.1) is 5.92 Å². The number of amides is 2. The largest absolute Gasteiger partial charge is 0.481 e. The normalized spacial score (nSPS) is 15.4. The highest BCUT2D eigenvalue weighted by molar-refractivity contribution is 6.30. The molecule has 1 aliphatic rings. The van der Waals surface area contributed by atoms with Crippen LogP contribution in [0.2, 0.25) is 5.02 Å². The summed E-state index contributed by atoms with van der Waals surface area (Å²) < 4.78 is 14.5. The van der Waals surface area contributed by atoms with E-state index in [9.17, 15) is 23.9 Å². The van der Waals surface area contributed by atoms with Gasteiger partial charge >= 0.3 is 5.97 Å². The molecule has 1 saturated heterocycles. The van der Waals surface area contributed by atoms with E-state index in [0.717, 1.165) is 0 Å². The van der Waals surface area contributed by atoms with Crippen LogP contribution >= 0.6 is 11.6 Å². The smallest absolute Gasteiger partial charge is 0.306 e. The first-order chi connectivity index (χ1) is 17.4. The van der Waals surface area contributed by atoms with Crippen LogP contribution in [0.15, 0.2) is 42.5 Å². The van der Waals surface area contributed by atoms with E-state index in [1.165, 1.54) is 29.2 Å². The van der Waals surface area contributed by atoms with Gasteiger partial charge in [0.15, 0.2) is 0 Å². The fourth-order valence-electron chi connectivity index (χ4n) is 4.52. The predicted molar refractivity (Wildman–Crippen MR) is 140 cm³/mol. The Hall–Kier alpha value is -2.97. The van der Waals surface area contributed by atoms with Crippen molar-refractivity contribution in [2.75, 3.05) is 24.5 Å². The Kier molecular flexibility index (Phi) is 9.31. The van der Waals surface area contributed by atoms with E-state index >= 15 is 0 Å². The van der Waals surface area contributed by atoms with E-state index in [0.29, 0.717) is 43.2 Å². The number of piperidine rings is 1. The molecule has 2 N–H and O–H groups in total. The summed E-state index contributed by atoms with van der Waals surface area (Å²) in [5, 5.41) is 20.6. The van der Waals surface area contributed by atoms with Crippen LogP contribution in [0.1, 0.15) is 63.7 Å². The Morgan fingerprint density at radius 3 is 2.32 bits per heavy atom. The molecule has 2 aromatic rings. The minimum Gasteiger partial charge on any atom is -0.481 e. The number of carbonyl (C=O) groups is 3. The van der Waals surface area contributed by atoms with Crippen LogP contribution in [-0.2, 0) is 14.4 Å². The van der Waals surface area contributed by atoms with E-state index in [1.807, 2.05) is 20.8 Å². The van der Waals surface area contributed by atoms with Gasteiger partial charge in [0.2, 0.25) is 11.8 Å². The predicted octanol–water partition coefficient (Wildman–Crippen LogP) is 5.04. The van der Waals surface area contributed by atoms with E-state index in [-0.39, 0.29) is 41.2 Å². The zero-order valence-electron chi connectivity index (χ0n) is 21.4. The Morgan fingerprint density at radius 2 is 1.73 bits per heavy atom. The number of benzene rings is 2. The number of likely N-dealkylation sites (tertiary alicyclic amines) is 1. The number of aliphatic hydroxyl groups is 1. The number of halogens is 2. The molecule has 2 aromatic carbocycles. The van der Waals surface area contributed by atoms with Gasteiger partial charge in [-0.05, 0) is 42.5 Å². The van der Waals surface area contributed by atoms with Crippen LogP contribution in [0.3, 0.4) is 0 Å². The van der Waals surface area contributed by atoms with E-state index in [2.05, 4.69) is 0 Å². The average molecular weight is 533 g/mol. The summed E-state index contributed by atoms with van der Waals surface area (Å²) in [6.07, 6.45) is -0.649. The summed E-state index contributed by atoms with van der Waals surface area (Å²) in [5.74, 6) is -2.39. The van der Waals surface area contributed by atoms with Gasteiger partial charge in [-0.2, -0.15) is 0 Å². The summed E-state index contributed by atoms with van der Waals surface area (Å²) in [4.78, 5) is 40.6. The van der Waals surface area contributed by atoms with Crippen molar-refractivity contribution in [3.63, 3.8) is 0 Å². The summed E-state index contributed by atoms with van der Waals surface area (Å²) in [6, 6.07) is 10.6. The zero-order valence-corrected chi connectivity index (χ0v) is 22.2. The number of anilines is 1. The van der Waals surface area contributed by atoms with Crippen LogP contribution in [0.4, 0.5) is 10.1 Å². The van der Waals surface area contributed by atoms with Crippen molar-refractivity contribution < 1.29 is 29.0 Å². The molecule has 1 heterocycles. The second kappa shape index (κ2) is 12.0. The number of carboxylic acids is 1. The molecular weight excluding hydrogens is 499 g/mol. The van der Waals surface area contributed by atoms with Gasteiger partial charge in [-0.25, -0.2) is 4.39 Å². The Balaban J connectivity index is 1.83. The molecule has 0 bridgehead atoms. The fraction of sp³-hybridized carbons (Fsp3) is 0.464. The first-order valence-electron chi connectivity index (χ1n) is 12.4. The molecule has 0 aromatic heterocycles. The van der Waals surface area contributed by atoms with Crippen molar-refractivity contribution in [1.29, 1.82) is 0 Å². The van der Waals surface area contributed by atoms with Gasteiger partial charge < -0.3 is 20.0 Å². The standard InChI is InChI=1S/C28H34ClFN2O5/c1-28(2,3)17-32(25(34)11-10-24(33)31-14-12-18(13-15-31)27(36)37)23-9-8-19(29)16-21(23)26(35)20-6-4-5-7-22(20)30/h4-9,16,18,26,35H,10-15,17H2,1-3H3,(H,36,37). The molecule has 1 atom stereocenters. The van der Waals surface area contributed by atoms with Gasteiger partial charge in [0.25, 0.3) is 0 Å². The van der Waals surface area contributed by atoms with E-state index in [1.54, 1.807) is 23.1 Å². The minimum atomic E-state index is -1.36. The number of carboxylic acid groups (broad SMARTS) is 1. The van der Waals surface area contributed by atoms with E-state index < -0.39 is 23.8 Å². The van der Waals surface area contributed by atoms with Crippen LogP contribution in [0.5, 0.6) is 0 Å². The molecule has 0 spiro atoms. The zero-order chi connectivity index (χ0) is 27.3. The number of aliphatic hydroxyl groups excluding tert-OH is 1. The van der Waals surface area contributed by atoms with Crippen molar-refractivity contribution in [1.82, 2.24) is 4.90 Å². The number of aliphatic carboxylic acids is 1. The number of carbonyl (C=O) groups excluding carboxylic acids is 2. The highest BCUT2D eigenvalue weighted by Gasteiger charge is 2.30. The van der Waals surface area contributed by atoms with Crippen molar-refractivity contribution in [3.8, 4) is 0 Å². The summed E-state index contributed by atoms with van der Waals surface area (Å²) in [7, 11) is 0. The quantitative estimate of drug-likeness (QED) is 0.496. The van der Waals surface area contributed by atoms with Gasteiger partial charge in [-0.3, -0.25) is 14.4 Å². The number of hydrogen-bond acceptors (Lipinski definition) is 4. The minimum absolute atomic E-state index is 0.0179. The molecule has 1 aliphatic heterocycles. The Bertz CT molecular complexity index is 1140. The molecule has 3 rings (SSSR count). The summed E-state index contributed by atoms with van der Waals surface area (Å²) >= 11 is 6.23. The summed E-state index contributed by atoms with van der Waals surface area (Å²) in [5.41, 5.74) is 0.430. The molecular formula is C28H34ClFN2O5. The third-order valence-electron chi connectivity index (χ3n) is 6.46. The van der Waals surface area contributed by atoms with Crippen LogP contribution in [0, 0.1) is 17.2 Å². The second-order valence-corrected chi connectivity index (χ2v) is 11.1. The lowest BCUT2D eigenvalue weighted by Gasteiger charge is -2.33. The number of nitrogens with zero attached hydrogens (tertiary/aromatic N) is 2. The molecule has 2 amide bonds. The maximum atomic E-state index is 14.5. The van der Waals surface area contributed by atoms with E-state index in [4.69, 9.17) is 16.7 Å². The van der Waals surface area contributed by atoms with Gasteiger partial charge in [-0.1, -0.05) is 50.6 Å². The first kappa shape index (κ1) is 28.6. The highest BCUT2D eigenvalue weighted by Crippen LogP contribution is 2.36. The SMILES string of the molecule is CC(C)(C)CN(C(=O)CCC(=O)N1CCC(C(=O)O)CC1)c1ccc(Cl)cc1C(O)c1ccccc1F. The molecule has 7 nitrogen and oxygen atoms in total. The maximum Gasteiger partial charge on any atom is 0.306 e.